The van der Waals surface area contributed by atoms with E-state index in [1.54, 1.807) is 6.20 Å². The molecule has 1 amide bonds. The Morgan fingerprint density at radius 1 is 0.824 bits per heavy atom. The van der Waals surface area contributed by atoms with Gasteiger partial charge in [0.15, 0.2) is 5.78 Å². The summed E-state index contributed by atoms with van der Waals surface area (Å²) in [7, 11) is 0. The van der Waals surface area contributed by atoms with Gasteiger partial charge in [-0.1, -0.05) is 68.4 Å². The monoisotopic (exact) mass is 696 g/mol. The van der Waals surface area contributed by atoms with E-state index >= 15 is 0 Å². The number of hydrogen-bond donors (Lipinski definition) is 2. The Balaban J connectivity index is 1.28. The lowest BCUT2D eigenvalue weighted by molar-refractivity contribution is -0.137. The molecule has 0 spiro atoms. The van der Waals surface area contributed by atoms with Crippen LogP contribution in [0.3, 0.4) is 0 Å². The smallest absolute Gasteiger partial charge is 0.303 e. The number of unbranched alkanes of at least 4 members (excludes halogenated alkanes) is 1. The minimum absolute atomic E-state index is 0.0226. The van der Waals surface area contributed by atoms with E-state index in [2.05, 4.69) is 30.2 Å². The van der Waals surface area contributed by atoms with Crippen molar-refractivity contribution in [3.05, 3.63) is 95.8 Å². The molecule has 0 saturated heterocycles. The maximum absolute atomic E-state index is 12.9. The number of amides is 1. The molecule has 0 unspecified atom stereocenters. The molecular weight excluding hydrogens is 644 g/mol. The van der Waals surface area contributed by atoms with E-state index in [0.29, 0.717) is 45.2 Å². The van der Waals surface area contributed by atoms with Gasteiger partial charge in [0.25, 0.3) is 0 Å². The molecule has 0 aliphatic rings. The number of fused-ring (bicyclic) bond motifs is 1. The van der Waals surface area contributed by atoms with Gasteiger partial charge in [0, 0.05) is 42.6 Å². The summed E-state index contributed by atoms with van der Waals surface area (Å²) in [6, 6.07) is 23.7. The van der Waals surface area contributed by atoms with Gasteiger partial charge < -0.3 is 24.6 Å². The molecule has 1 atom stereocenters. The van der Waals surface area contributed by atoms with E-state index in [1.165, 1.54) is 0 Å². The first-order chi connectivity index (χ1) is 24.7. The van der Waals surface area contributed by atoms with Crippen molar-refractivity contribution in [1.82, 2.24) is 10.3 Å². The van der Waals surface area contributed by atoms with Crippen molar-refractivity contribution in [1.29, 1.82) is 0 Å². The highest BCUT2D eigenvalue weighted by Crippen LogP contribution is 2.35. The van der Waals surface area contributed by atoms with Gasteiger partial charge in [-0.15, -0.1) is 0 Å². The predicted octanol–water partition coefficient (Wildman–Crippen LogP) is 7.72. The average Bonchev–Trinajstić information content (AvgIpc) is 3.11. The molecule has 3 aromatic carbocycles. The van der Waals surface area contributed by atoms with Crippen LogP contribution in [-0.2, 0) is 30.3 Å². The molecule has 0 aliphatic heterocycles. The number of nitrogens with zero attached hydrogens (tertiary/aromatic N) is 1. The molecular formula is C42H52N2O7. The lowest BCUT2D eigenvalue weighted by Crippen LogP contribution is -2.30. The Hall–Kier alpha value is -4.60. The number of carboxylic acids is 1. The molecule has 0 fully saturated rings. The third-order valence-electron chi connectivity index (χ3n) is 8.71. The summed E-state index contributed by atoms with van der Waals surface area (Å²) in [4.78, 5) is 41.3. The Bertz CT molecular complexity index is 1700. The summed E-state index contributed by atoms with van der Waals surface area (Å²) >= 11 is 0. The Morgan fingerprint density at radius 3 is 2.27 bits per heavy atom. The van der Waals surface area contributed by atoms with E-state index in [4.69, 9.17) is 14.2 Å². The molecule has 0 saturated carbocycles. The van der Waals surface area contributed by atoms with E-state index in [9.17, 15) is 19.5 Å². The van der Waals surface area contributed by atoms with E-state index < -0.39 is 11.9 Å². The van der Waals surface area contributed by atoms with Gasteiger partial charge in [-0.05, 0) is 84.4 Å². The fourth-order valence-corrected chi connectivity index (χ4v) is 5.91. The molecule has 9 heteroatoms. The second-order valence-electron chi connectivity index (χ2n) is 13.4. The molecule has 4 rings (SSSR count). The van der Waals surface area contributed by atoms with E-state index in [0.717, 1.165) is 70.3 Å². The summed E-state index contributed by atoms with van der Waals surface area (Å²) in [5.41, 5.74) is 4.91. The van der Waals surface area contributed by atoms with E-state index in [1.807, 2.05) is 73.7 Å². The standard InChI is InChI=1S/C42H52N2O7/c1-30(2)19-21-49-22-23-50-24-25-51-40-17-16-37(38-9-5-6-10-39(38)40)33-14-12-32(13-15-33)34(28-42(47)48)27-36(45)29-44-41(46)11-7-4-8-35-26-31(3)18-20-43-35/h5-6,9-10,12-18,20,26,30,34H,4,7-8,11,19,21-25,27-29H2,1-3H3,(H,44,46)(H,47,48)/t34-/m0/s1. The number of Topliss-reactive ketones (excluding diaryl/α,β-unsaturated/α-hetero) is 1. The minimum Gasteiger partial charge on any atom is -0.491 e. The van der Waals surface area contributed by atoms with Crippen LogP contribution in [0.25, 0.3) is 21.9 Å². The molecule has 0 radical (unpaired) electrons. The summed E-state index contributed by atoms with van der Waals surface area (Å²) in [5, 5.41) is 14.3. The van der Waals surface area contributed by atoms with Crippen molar-refractivity contribution in [3.8, 4) is 16.9 Å². The largest absolute Gasteiger partial charge is 0.491 e. The highest BCUT2D eigenvalue weighted by molar-refractivity contribution is 6.00. The highest BCUT2D eigenvalue weighted by Gasteiger charge is 2.20. The minimum atomic E-state index is -0.981. The number of ether oxygens (including phenoxy) is 3. The first-order valence-electron chi connectivity index (χ1n) is 18.0. The predicted molar refractivity (Wildman–Crippen MR) is 200 cm³/mol. The Morgan fingerprint density at radius 2 is 1.55 bits per heavy atom. The van der Waals surface area contributed by atoms with Gasteiger partial charge in [0.2, 0.25) is 5.91 Å². The first-order valence-corrected chi connectivity index (χ1v) is 18.0. The number of benzene rings is 3. The van der Waals surface area contributed by atoms with Crippen molar-refractivity contribution in [3.63, 3.8) is 0 Å². The number of rotatable bonds is 23. The number of hydrogen-bond acceptors (Lipinski definition) is 7. The maximum atomic E-state index is 12.9. The van der Waals surface area contributed by atoms with Gasteiger partial charge in [-0.2, -0.15) is 0 Å². The summed E-state index contributed by atoms with van der Waals surface area (Å²) < 4.78 is 17.4. The SMILES string of the molecule is Cc1ccnc(CCCCC(=O)NCC(=O)C[C@@H](CC(=O)O)c2ccc(-c3ccc(OCCOCCOCCC(C)C)c4ccccc34)cc2)c1. The number of ketones is 1. The first kappa shape index (κ1) is 39.2. The van der Waals surface area contributed by atoms with Crippen molar-refractivity contribution in [2.24, 2.45) is 5.92 Å². The van der Waals surface area contributed by atoms with Gasteiger partial charge in [0.1, 0.15) is 12.4 Å². The topological polar surface area (TPSA) is 124 Å². The normalized spacial score (nSPS) is 11.8. The van der Waals surface area contributed by atoms with Gasteiger partial charge >= 0.3 is 5.97 Å². The van der Waals surface area contributed by atoms with Crippen LogP contribution < -0.4 is 10.1 Å². The number of aromatic nitrogens is 1. The molecule has 272 valence electrons. The average molecular weight is 697 g/mol. The molecule has 0 aliphatic carbocycles. The lowest BCUT2D eigenvalue weighted by atomic mass is 9.89. The number of carbonyl (C=O) groups excluding carboxylic acids is 2. The molecule has 2 N–H and O–H groups in total. The third-order valence-corrected chi connectivity index (χ3v) is 8.71. The zero-order chi connectivity index (χ0) is 36.4. The molecule has 0 bridgehead atoms. The number of nitrogens with one attached hydrogen (secondary N) is 1. The molecule has 51 heavy (non-hydrogen) atoms. The summed E-state index contributed by atoms with van der Waals surface area (Å²) in [5.74, 6) is -0.482. The van der Waals surface area contributed by atoms with Crippen LogP contribution in [0.15, 0.2) is 79.0 Å². The molecule has 9 nitrogen and oxygen atoms in total. The highest BCUT2D eigenvalue weighted by atomic mass is 16.5. The summed E-state index contributed by atoms with van der Waals surface area (Å²) in [6.45, 7) is 8.99. The maximum Gasteiger partial charge on any atom is 0.303 e. The van der Waals surface area contributed by atoms with Crippen LogP contribution in [0.2, 0.25) is 0 Å². The van der Waals surface area contributed by atoms with Crippen LogP contribution >= 0.6 is 0 Å². The van der Waals surface area contributed by atoms with Crippen molar-refractivity contribution in [2.75, 3.05) is 39.6 Å². The summed E-state index contributed by atoms with van der Waals surface area (Å²) in [6.07, 6.45) is 5.31. The molecule has 1 heterocycles. The second kappa shape index (κ2) is 20.9. The van der Waals surface area contributed by atoms with Crippen LogP contribution in [0, 0.1) is 12.8 Å². The molecule has 4 aromatic rings. The van der Waals surface area contributed by atoms with Crippen LogP contribution in [0.4, 0.5) is 0 Å². The number of aryl methyl sites for hydroxylation is 2. The zero-order valence-corrected chi connectivity index (χ0v) is 30.2. The number of pyridine rings is 1. The van der Waals surface area contributed by atoms with Crippen LogP contribution in [0.5, 0.6) is 5.75 Å². The third kappa shape index (κ3) is 13.6. The zero-order valence-electron chi connectivity index (χ0n) is 30.2. The number of carboxylic acid groups (broad SMARTS) is 1. The molecule has 1 aromatic heterocycles. The van der Waals surface area contributed by atoms with Crippen LogP contribution in [-0.4, -0.2) is 67.3 Å². The Labute approximate surface area is 301 Å². The fraction of sp³-hybridized carbons (Fsp3) is 0.429. The van der Waals surface area contributed by atoms with Crippen molar-refractivity contribution >= 4 is 28.4 Å². The van der Waals surface area contributed by atoms with Gasteiger partial charge in [-0.3, -0.25) is 19.4 Å². The second-order valence-corrected chi connectivity index (χ2v) is 13.4. The number of aliphatic carboxylic acids is 1. The van der Waals surface area contributed by atoms with Gasteiger partial charge in [-0.25, -0.2) is 0 Å². The quantitative estimate of drug-likeness (QED) is 0.0756. The lowest BCUT2D eigenvalue weighted by Gasteiger charge is -2.17. The van der Waals surface area contributed by atoms with Crippen molar-refractivity contribution in [2.45, 2.75) is 71.6 Å². The van der Waals surface area contributed by atoms with E-state index in [-0.39, 0.29) is 31.1 Å². The fourth-order valence-electron chi connectivity index (χ4n) is 5.91. The van der Waals surface area contributed by atoms with Crippen LogP contribution in [0.1, 0.15) is 75.1 Å². The van der Waals surface area contributed by atoms with Crippen molar-refractivity contribution < 1.29 is 33.7 Å². The number of carbonyl (C=O) groups is 3. The van der Waals surface area contributed by atoms with Gasteiger partial charge in [0.05, 0.1) is 32.8 Å². The Kier molecular flexibility index (Phi) is 16.1.